The second kappa shape index (κ2) is 8.15. The van der Waals surface area contributed by atoms with Gasteiger partial charge in [-0.1, -0.05) is 30.7 Å². The summed E-state index contributed by atoms with van der Waals surface area (Å²) >= 11 is 0. The smallest absolute Gasteiger partial charge is 0.251 e. The SMILES string of the molecule is O=C(N[C@@H]1CCC[C@@H]1C(=O)NO)c1ccc(Cn2c(C3CC3)nc3ccccc32)cc1. The normalized spacial score (nSPS) is 20.7. The van der Waals surface area contributed by atoms with Crippen LogP contribution in [0.1, 0.15) is 59.8 Å². The molecular formula is C24H26N4O3. The lowest BCUT2D eigenvalue weighted by Gasteiger charge is -2.19. The second-order valence-electron chi connectivity index (χ2n) is 8.61. The summed E-state index contributed by atoms with van der Waals surface area (Å²) in [5, 5.41) is 11.9. The van der Waals surface area contributed by atoms with E-state index in [-0.39, 0.29) is 17.9 Å². The molecule has 1 aromatic heterocycles. The van der Waals surface area contributed by atoms with E-state index in [1.165, 1.54) is 12.8 Å². The lowest BCUT2D eigenvalue weighted by Crippen LogP contribution is -2.43. The molecular weight excluding hydrogens is 392 g/mol. The number of aromatic nitrogens is 2. The number of carbonyl (C=O) groups excluding carboxylic acids is 2. The number of hydrogen-bond acceptors (Lipinski definition) is 4. The van der Waals surface area contributed by atoms with Gasteiger partial charge in [0.1, 0.15) is 5.82 Å². The first-order valence-corrected chi connectivity index (χ1v) is 10.9. The lowest BCUT2D eigenvalue weighted by molar-refractivity contribution is -0.133. The number of benzene rings is 2. The van der Waals surface area contributed by atoms with Gasteiger partial charge in [-0.25, -0.2) is 10.5 Å². The number of nitrogens with one attached hydrogen (secondary N) is 2. The molecule has 0 saturated heterocycles. The summed E-state index contributed by atoms with van der Waals surface area (Å²) in [6, 6.07) is 15.6. The van der Waals surface area contributed by atoms with Crippen LogP contribution in [0.5, 0.6) is 0 Å². The zero-order valence-electron chi connectivity index (χ0n) is 17.3. The van der Waals surface area contributed by atoms with Gasteiger partial charge < -0.3 is 9.88 Å². The Balaban J connectivity index is 1.31. The van der Waals surface area contributed by atoms with Gasteiger partial charge in [0.25, 0.3) is 5.91 Å². The quantitative estimate of drug-likeness (QED) is 0.422. The Hall–Kier alpha value is -3.19. The van der Waals surface area contributed by atoms with Crippen LogP contribution >= 0.6 is 0 Å². The molecule has 2 aliphatic carbocycles. The topological polar surface area (TPSA) is 96.3 Å². The number of para-hydroxylation sites is 2. The van der Waals surface area contributed by atoms with Crippen molar-refractivity contribution >= 4 is 22.8 Å². The van der Waals surface area contributed by atoms with Crippen LogP contribution in [-0.2, 0) is 11.3 Å². The molecule has 7 nitrogen and oxygen atoms in total. The minimum atomic E-state index is -0.433. The highest BCUT2D eigenvalue weighted by Crippen LogP contribution is 2.40. The average molecular weight is 418 g/mol. The van der Waals surface area contributed by atoms with Crippen molar-refractivity contribution in [2.75, 3.05) is 0 Å². The van der Waals surface area contributed by atoms with Crippen LogP contribution in [0, 0.1) is 5.92 Å². The number of imidazole rings is 1. The Morgan fingerprint density at radius 3 is 2.55 bits per heavy atom. The van der Waals surface area contributed by atoms with E-state index < -0.39 is 5.91 Å². The van der Waals surface area contributed by atoms with Crippen molar-refractivity contribution in [1.29, 1.82) is 0 Å². The van der Waals surface area contributed by atoms with Crippen molar-refractivity contribution in [3.05, 3.63) is 65.5 Å². The summed E-state index contributed by atoms with van der Waals surface area (Å²) in [5.41, 5.74) is 5.55. The Labute approximate surface area is 180 Å². The molecule has 7 heteroatoms. The molecule has 3 N–H and O–H groups in total. The van der Waals surface area contributed by atoms with Crippen LogP contribution in [0.2, 0.25) is 0 Å². The monoisotopic (exact) mass is 418 g/mol. The van der Waals surface area contributed by atoms with E-state index >= 15 is 0 Å². The zero-order valence-corrected chi connectivity index (χ0v) is 17.3. The molecule has 2 aliphatic rings. The number of hydrogen-bond donors (Lipinski definition) is 3. The summed E-state index contributed by atoms with van der Waals surface area (Å²) < 4.78 is 2.29. The first-order valence-electron chi connectivity index (χ1n) is 10.9. The molecule has 160 valence electrons. The van der Waals surface area contributed by atoms with Gasteiger partial charge in [0.2, 0.25) is 5.91 Å². The van der Waals surface area contributed by atoms with Gasteiger partial charge in [0, 0.05) is 24.1 Å². The van der Waals surface area contributed by atoms with Gasteiger partial charge in [-0.3, -0.25) is 14.8 Å². The number of hydroxylamine groups is 1. The summed E-state index contributed by atoms with van der Waals surface area (Å²) in [4.78, 5) is 29.3. The molecule has 0 aliphatic heterocycles. The van der Waals surface area contributed by atoms with E-state index in [0.29, 0.717) is 17.9 Å². The molecule has 2 fully saturated rings. The molecule has 31 heavy (non-hydrogen) atoms. The molecule has 1 heterocycles. The van der Waals surface area contributed by atoms with Gasteiger partial charge in [-0.15, -0.1) is 0 Å². The number of carbonyl (C=O) groups is 2. The van der Waals surface area contributed by atoms with Crippen molar-refractivity contribution < 1.29 is 14.8 Å². The zero-order chi connectivity index (χ0) is 21.4. The number of nitrogens with zero attached hydrogens (tertiary/aromatic N) is 2. The molecule has 2 aromatic carbocycles. The van der Waals surface area contributed by atoms with Crippen molar-refractivity contribution in [2.45, 2.75) is 50.6 Å². The van der Waals surface area contributed by atoms with Crippen molar-refractivity contribution in [2.24, 2.45) is 5.92 Å². The fourth-order valence-electron chi connectivity index (χ4n) is 4.64. The Morgan fingerprint density at radius 1 is 1.03 bits per heavy atom. The summed E-state index contributed by atoms with van der Waals surface area (Å²) in [6.07, 6.45) is 4.64. The summed E-state index contributed by atoms with van der Waals surface area (Å²) in [5.74, 6) is 0.687. The van der Waals surface area contributed by atoms with Crippen LogP contribution in [0.25, 0.3) is 11.0 Å². The van der Waals surface area contributed by atoms with E-state index in [0.717, 1.165) is 41.8 Å². The summed E-state index contributed by atoms with van der Waals surface area (Å²) in [6.45, 7) is 0.718. The minimum absolute atomic E-state index is 0.194. The highest BCUT2D eigenvalue weighted by atomic mass is 16.5. The number of amides is 2. The average Bonchev–Trinajstić information content (AvgIpc) is 3.44. The molecule has 2 amide bonds. The van der Waals surface area contributed by atoms with Gasteiger partial charge in [-0.05, 0) is 55.5 Å². The first kappa shape index (κ1) is 19.8. The van der Waals surface area contributed by atoms with E-state index in [4.69, 9.17) is 10.2 Å². The Bertz CT molecular complexity index is 1120. The highest BCUT2D eigenvalue weighted by molar-refractivity contribution is 5.95. The molecule has 3 aromatic rings. The number of rotatable bonds is 6. The maximum Gasteiger partial charge on any atom is 0.251 e. The lowest BCUT2D eigenvalue weighted by atomic mass is 10.0. The van der Waals surface area contributed by atoms with Crippen molar-refractivity contribution in [3.63, 3.8) is 0 Å². The second-order valence-corrected chi connectivity index (χ2v) is 8.61. The molecule has 0 bridgehead atoms. The fraction of sp³-hybridized carbons (Fsp3) is 0.375. The van der Waals surface area contributed by atoms with Crippen LogP contribution in [-0.4, -0.2) is 32.6 Å². The molecule has 0 unspecified atom stereocenters. The molecule has 2 atom stereocenters. The predicted molar refractivity (Wildman–Crippen MR) is 116 cm³/mol. The van der Waals surface area contributed by atoms with Crippen LogP contribution < -0.4 is 10.8 Å². The van der Waals surface area contributed by atoms with Gasteiger partial charge in [0.05, 0.1) is 17.0 Å². The van der Waals surface area contributed by atoms with Crippen molar-refractivity contribution in [1.82, 2.24) is 20.3 Å². The number of fused-ring (bicyclic) bond motifs is 1. The largest absolute Gasteiger partial charge is 0.349 e. The third kappa shape index (κ3) is 3.93. The van der Waals surface area contributed by atoms with E-state index in [1.807, 2.05) is 36.4 Å². The third-order valence-electron chi connectivity index (χ3n) is 6.46. The fourth-order valence-corrected chi connectivity index (χ4v) is 4.64. The van der Waals surface area contributed by atoms with Crippen LogP contribution in [0.15, 0.2) is 48.5 Å². The predicted octanol–water partition coefficient (Wildman–Crippen LogP) is 3.37. The molecule has 2 saturated carbocycles. The van der Waals surface area contributed by atoms with Gasteiger partial charge in [0.15, 0.2) is 0 Å². The maximum atomic E-state index is 12.7. The molecule has 5 rings (SSSR count). The third-order valence-corrected chi connectivity index (χ3v) is 6.46. The molecule has 0 spiro atoms. The maximum absolute atomic E-state index is 12.7. The van der Waals surface area contributed by atoms with E-state index in [9.17, 15) is 9.59 Å². The minimum Gasteiger partial charge on any atom is -0.349 e. The van der Waals surface area contributed by atoms with E-state index in [2.05, 4.69) is 22.0 Å². The molecule has 0 radical (unpaired) electrons. The van der Waals surface area contributed by atoms with E-state index in [1.54, 1.807) is 5.48 Å². The standard InChI is InChI=1S/C24H26N4O3/c29-23(26-19-6-3-4-18(19)24(30)27-31)17-10-8-15(9-11-17)14-28-21-7-2-1-5-20(21)25-22(28)16-12-13-16/h1-2,5,7-11,16,18-19,31H,3-4,6,12-14H2,(H,26,29)(H,27,30)/t18-,19+/m0/s1. The van der Waals surface area contributed by atoms with Crippen molar-refractivity contribution in [3.8, 4) is 0 Å². The summed E-state index contributed by atoms with van der Waals surface area (Å²) in [7, 11) is 0. The van der Waals surface area contributed by atoms with Gasteiger partial charge in [-0.2, -0.15) is 0 Å². The van der Waals surface area contributed by atoms with Crippen LogP contribution in [0.4, 0.5) is 0 Å². The Kier molecular flexibility index (Phi) is 5.19. The Morgan fingerprint density at radius 2 is 1.81 bits per heavy atom. The van der Waals surface area contributed by atoms with Crippen LogP contribution in [0.3, 0.4) is 0 Å². The highest BCUT2D eigenvalue weighted by Gasteiger charge is 2.34. The first-order chi connectivity index (χ1) is 15.1. The van der Waals surface area contributed by atoms with Gasteiger partial charge >= 0.3 is 0 Å².